The number of hydrogen-bond acceptors (Lipinski definition) is 6. The van der Waals surface area contributed by atoms with Crippen LogP contribution >= 0.6 is 0 Å². The standard InChI is InChI=1S/C12H21N5O3/c1-15-4-2-10(3-5-15)13-7-12(18)9-16-8-11(6-14-16)17(19)20/h6,8,10,12-13,18H,2-5,7,9H2,1H3. The summed E-state index contributed by atoms with van der Waals surface area (Å²) in [5.74, 6) is 0. The van der Waals surface area contributed by atoms with Gasteiger partial charge in [-0.1, -0.05) is 0 Å². The van der Waals surface area contributed by atoms with Crippen molar-refractivity contribution in [3.05, 3.63) is 22.5 Å². The van der Waals surface area contributed by atoms with Crippen molar-refractivity contribution in [2.24, 2.45) is 0 Å². The molecular formula is C12H21N5O3. The quantitative estimate of drug-likeness (QED) is 0.556. The van der Waals surface area contributed by atoms with Crippen LogP contribution in [0.25, 0.3) is 0 Å². The van der Waals surface area contributed by atoms with E-state index in [1.54, 1.807) is 0 Å². The second kappa shape index (κ2) is 6.78. The summed E-state index contributed by atoms with van der Waals surface area (Å²) < 4.78 is 1.40. The first-order valence-electron chi connectivity index (χ1n) is 6.81. The second-order valence-electron chi connectivity index (χ2n) is 5.32. The Balaban J connectivity index is 1.72. The minimum absolute atomic E-state index is 0.0551. The molecule has 0 aliphatic carbocycles. The highest BCUT2D eigenvalue weighted by atomic mass is 16.6. The van der Waals surface area contributed by atoms with Gasteiger partial charge in [0, 0.05) is 12.6 Å². The smallest absolute Gasteiger partial charge is 0.306 e. The minimum Gasteiger partial charge on any atom is -0.390 e. The average Bonchev–Trinajstić information content (AvgIpc) is 2.87. The Morgan fingerprint density at radius 1 is 1.60 bits per heavy atom. The largest absolute Gasteiger partial charge is 0.390 e. The molecule has 1 aromatic heterocycles. The van der Waals surface area contributed by atoms with Crippen molar-refractivity contribution in [3.8, 4) is 0 Å². The normalized spacial score (nSPS) is 19.1. The Kier molecular flexibility index (Phi) is 5.05. The molecule has 0 spiro atoms. The number of rotatable bonds is 6. The zero-order chi connectivity index (χ0) is 14.5. The summed E-state index contributed by atoms with van der Waals surface area (Å²) in [6.07, 6.45) is 4.08. The van der Waals surface area contributed by atoms with Gasteiger partial charge in [-0.2, -0.15) is 5.10 Å². The SMILES string of the molecule is CN1CCC(NCC(O)Cn2cc([N+](=O)[O-])cn2)CC1. The van der Waals surface area contributed by atoms with E-state index in [-0.39, 0.29) is 12.2 Å². The van der Waals surface area contributed by atoms with Crippen molar-refractivity contribution in [1.29, 1.82) is 0 Å². The molecule has 1 unspecified atom stereocenters. The zero-order valence-corrected chi connectivity index (χ0v) is 11.6. The molecule has 0 aromatic carbocycles. The van der Waals surface area contributed by atoms with Crippen LogP contribution in [-0.4, -0.2) is 63.5 Å². The summed E-state index contributed by atoms with van der Waals surface area (Å²) in [5.41, 5.74) is -0.0551. The summed E-state index contributed by atoms with van der Waals surface area (Å²) in [5, 5.41) is 27.7. The predicted octanol–water partition coefficient (Wildman–Crippen LogP) is -0.164. The van der Waals surface area contributed by atoms with Crippen LogP contribution in [0.1, 0.15) is 12.8 Å². The highest BCUT2D eigenvalue weighted by Crippen LogP contribution is 2.09. The summed E-state index contributed by atoms with van der Waals surface area (Å²) >= 11 is 0. The van der Waals surface area contributed by atoms with Crippen molar-refractivity contribution >= 4 is 5.69 Å². The number of nitrogens with zero attached hydrogens (tertiary/aromatic N) is 4. The summed E-state index contributed by atoms with van der Waals surface area (Å²) in [6, 6.07) is 0.438. The molecule has 1 saturated heterocycles. The Hall–Kier alpha value is -1.51. The number of aliphatic hydroxyl groups excluding tert-OH is 1. The summed E-state index contributed by atoms with van der Waals surface area (Å²) in [6.45, 7) is 2.87. The molecule has 20 heavy (non-hydrogen) atoms. The number of piperidine rings is 1. The van der Waals surface area contributed by atoms with E-state index in [1.807, 2.05) is 0 Å². The lowest BCUT2D eigenvalue weighted by Gasteiger charge is -2.30. The van der Waals surface area contributed by atoms with Gasteiger partial charge in [0.1, 0.15) is 12.4 Å². The molecular weight excluding hydrogens is 262 g/mol. The molecule has 8 nitrogen and oxygen atoms in total. The van der Waals surface area contributed by atoms with Crippen LogP contribution in [0.3, 0.4) is 0 Å². The van der Waals surface area contributed by atoms with Gasteiger partial charge in [0.2, 0.25) is 0 Å². The van der Waals surface area contributed by atoms with Crippen LogP contribution in [0.15, 0.2) is 12.4 Å². The van der Waals surface area contributed by atoms with Crippen LogP contribution in [-0.2, 0) is 6.54 Å². The van der Waals surface area contributed by atoms with Gasteiger partial charge in [0.05, 0.1) is 17.6 Å². The van der Waals surface area contributed by atoms with Crippen molar-refractivity contribution in [2.45, 2.75) is 31.5 Å². The van der Waals surface area contributed by atoms with Crippen molar-refractivity contribution in [2.75, 3.05) is 26.7 Å². The Bertz CT molecular complexity index is 442. The number of hydrogen-bond donors (Lipinski definition) is 2. The van der Waals surface area contributed by atoms with E-state index < -0.39 is 11.0 Å². The van der Waals surface area contributed by atoms with Gasteiger partial charge in [-0.05, 0) is 33.0 Å². The van der Waals surface area contributed by atoms with Gasteiger partial charge in [0.15, 0.2) is 0 Å². The minimum atomic E-state index is -0.603. The van der Waals surface area contributed by atoms with E-state index in [2.05, 4.69) is 22.4 Å². The highest BCUT2D eigenvalue weighted by molar-refractivity contribution is 5.20. The molecule has 0 radical (unpaired) electrons. The number of aromatic nitrogens is 2. The number of likely N-dealkylation sites (tertiary alicyclic amines) is 1. The first-order valence-corrected chi connectivity index (χ1v) is 6.81. The zero-order valence-electron chi connectivity index (χ0n) is 11.6. The van der Waals surface area contributed by atoms with Crippen molar-refractivity contribution in [3.63, 3.8) is 0 Å². The fraction of sp³-hybridized carbons (Fsp3) is 0.750. The van der Waals surface area contributed by atoms with Crippen molar-refractivity contribution < 1.29 is 10.0 Å². The van der Waals surface area contributed by atoms with Crippen molar-refractivity contribution in [1.82, 2.24) is 20.0 Å². The third-order valence-corrected chi connectivity index (χ3v) is 3.59. The van der Waals surface area contributed by atoms with Crippen LogP contribution < -0.4 is 5.32 Å². The second-order valence-corrected chi connectivity index (χ2v) is 5.32. The Labute approximate surface area is 117 Å². The predicted molar refractivity (Wildman–Crippen MR) is 73.4 cm³/mol. The van der Waals surface area contributed by atoms with Crippen LogP contribution in [0.4, 0.5) is 5.69 Å². The number of nitrogens with one attached hydrogen (secondary N) is 1. The molecule has 2 rings (SSSR count). The van der Waals surface area contributed by atoms with Gasteiger partial charge in [-0.25, -0.2) is 0 Å². The molecule has 112 valence electrons. The lowest BCUT2D eigenvalue weighted by molar-refractivity contribution is -0.385. The van der Waals surface area contributed by atoms with Gasteiger partial charge in [-0.15, -0.1) is 0 Å². The van der Waals surface area contributed by atoms with E-state index in [0.29, 0.717) is 12.6 Å². The topological polar surface area (TPSA) is 96.5 Å². The van der Waals surface area contributed by atoms with Gasteiger partial charge in [-0.3, -0.25) is 14.8 Å². The third-order valence-electron chi connectivity index (χ3n) is 3.59. The molecule has 1 aliphatic heterocycles. The lowest BCUT2D eigenvalue weighted by Crippen LogP contribution is -2.44. The monoisotopic (exact) mass is 283 g/mol. The maximum absolute atomic E-state index is 10.5. The Morgan fingerprint density at radius 3 is 2.90 bits per heavy atom. The molecule has 0 bridgehead atoms. The lowest BCUT2D eigenvalue weighted by atomic mass is 10.1. The molecule has 0 saturated carbocycles. The summed E-state index contributed by atoms with van der Waals surface area (Å²) in [4.78, 5) is 12.3. The molecule has 1 aliphatic rings. The van der Waals surface area contributed by atoms with E-state index in [4.69, 9.17) is 0 Å². The molecule has 1 atom stereocenters. The molecule has 2 heterocycles. The molecule has 0 amide bonds. The fourth-order valence-corrected chi connectivity index (χ4v) is 2.34. The van der Waals surface area contributed by atoms with E-state index in [9.17, 15) is 15.2 Å². The molecule has 1 fully saturated rings. The first-order chi connectivity index (χ1) is 9.54. The van der Waals surface area contributed by atoms with Crippen LogP contribution in [0.2, 0.25) is 0 Å². The van der Waals surface area contributed by atoms with Gasteiger partial charge < -0.3 is 15.3 Å². The van der Waals surface area contributed by atoms with Crippen LogP contribution in [0, 0.1) is 10.1 Å². The Morgan fingerprint density at radius 2 is 2.30 bits per heavy atom. The number of nitro groups is 1. The fourth-order valence-electron chi connectivity index (χ4n) is 2.34. The molecule has 2 N–H and O–H groups in total. The van der Waals surface area contributed by atoms with Crippen LogP contribution in [0.5, 0.6) is 0 Å². The van der Waals surface area contributed by atoms with E-state index >= 15 is 0 Å². The maximum atomic E-state index is 10.5. The first kappa shape index (κ1) is 14.9. The number of aliphatic hydroxyl groups is 1. The van der Waals surface area contributed by atoms with Gasteiger partial charge in [0.25, 0.3) is 0 Å². The third kappa shape index (κ3) is 4.26. The van der Waals surface area contributed by atoms with E-state index in [0.717, 1.165) is 25.9 Å². The highest BCUT2D eigenvalue weighted by Gasteiger charge is 2.17. The summed E-state index contributed by atoms with van der Waals surface area (Å²) in [7, 11) is 2.11. The van der Waals surface area contributed by atoms with Gasteiger partial charge >= 0.3 is 5.69 Å². The average molecular weight is 283 g/mol. The molecule has 8 heteroatoms. The maximum Gasteiger partial charge on any atom is 0.306 e. The molecule has 1 aromatic rings. The van der Waals surface area contributed by atoms with E-state index in [1.165, 1.54) is 17.1 Å².